The molecule has 0 amide bonds. The molecule has 0 spiro atoms. The Kier molecular flexibility index (Phi) is 2.95. The summed E-state index contributed by atoms with van der Waals surface area (Å²) in [5, 5.41) is 0. The molecule has 0 saturated carbocycles. The molecule has 0 aromatic carbocycles. The Hall–Kier alpha value is -0.0300. The zero-order valence-corrected chi connectivity index (χ0v) is 9.00. The van der Waals surface area contributed by atoms with Crippen molar-refractivity contribution in [2.75, 3.05) is 0 Å². The number of rotatable bonds is 2. The summed E-state index contributed by atoms with van der Waals surface area (Å²) in [6.07, 6.45) is 3.02. The Morgan fingerprint density at radius 3 is 2.73 bits per heavy atom. The molecule has 1 aromatic rings. The molecule has 1 unspecified atom stereocenters. The number of nitrogens with two attached hydrogens (primary N) is 1. The average Bonchev–Trinajstić information content (AvgIpc) is 2.18. The fraction of sp³-hybridized carbons (Fsp3) is 0.500. The molecule has 1 aromatic heterocycles. The lowest BCUT2D eigenvalue weighted by molar-refractivity contribution is 0.720. The fourth-order valence-corrected chi connectivity index (χ4v) is 1.82. The lowest BCUT2D eigenvalue weighted by atomic mass is 10.1. The van der Waals surface area contributed by atoms with Crippen molar-refractivity contribution in [3.8, 4) is 0 Å². The highest BCUT2D eigenvalue weighted by Crippen LogP contribution is 2.14. The van der Waals surface area contributed by atoms with Crippen molar-refractivity contribution in [2.45, 2.75) is 26.3 Å². The summed E-state index contributed by atoms with van der Waals surface area (Å²) in [5.74, 6) is 0. The highest BCUT2D eigenvalue weighted by atomic mass is 127. The van der Waals surface area contributed by atoms with Gasteiger partial charge in [-0.25, -0.2) is 0 Å². The molecule has 0 bridgehead atoms. The summed E-state index contributed by atoms with van der Waals surface area (Å²) in [6.45, 7) is 4.15. The molecule has 0 aliphatic heterocycles. The quantitative estimate of drug-likeness (QED) is 0.812. The van der Waals surface area contributed by atoms with Crippen LogP contribution in [0.3, 0.4) is 0 Å². The molecule has 0 saturated heterocycles. The Morgan fingerprint density at radius 2 is 2.36 bits per heavy atom. The van der Waals surface area contributed by atoms with Crippen LogP contribution in [0.5, 0.6) is 0 Å². The predicted octanol–water partition coefficient (Wildman–Crippen LogP) is 1.88. The lowest BCUT2D eigenvalue weighted by Crippen LogP contribution is -2.19. The van der Waals surface area contributed by atoms with Gasteiger partial charge in [0.2, 0.25) is 0 Å². The van der Waals surface area contributed by atoms with Crippen LogP contribution in [0.15, 0.2) is 12.3 Å². The van der Waals surface area contributed by atoms with Gasteiger partial charge in [-0.2, -0.15) is 0 Å². The molecule has 1 heterocycles. The molecule has 0 aliphatic rings. The van der Waals surface area contributed by atoms with E-state index in [0.717, 1.165) is 6.42 Å². The van der Waals surface area contributed by atoms with Gasteiger partial charge in [-0.3, -0.25) is 2.78 Å². The van der Waals surface area contributed by atoms with Gasteiger partial charge in [-0.05, 0) is 25.5 Å². The van der Waals surface area contributed by atoms with Crippen LogP contribution >= 0.6 is 22.9 Å². The van der Waals surface area contributed by atoms with Crippen molar-refractivity contribution in [3.63, 3.8) is 0 Å². The molecule has 0 fully saturated rings. The summed E-state index contributed by atoms with van der Waals surface area (Å²) in [5.41, 5.74) is 8.37. The molecule has 0 radical (unpaired) electrons. The monoisotopic (exact) mass is 264 g/mol. The summed E-state index contributed by atoms with van der Waals surface area (Å²) in [4.78, 5) is 0. The standard InChI is InChI=1S/C8H13IN2/c1-6-3-4-11(9)8(6)5-7(2)10/h3-4,7H,5,10H2,1-2H3. The summed E-state index contributed by atoms with van der Waals surface area (Å²) in [6, 6.07) is 2.36. The second-order valence-electron chi connectivity index (χ2n) is 2.94. The zero-order valence-electron chi connectivity index (χ0n) is 6.84. The molecule has 11 heavy (non-hydrogen) atoms. The van der Waals surface area contributed by atoms with Crippen molar-refractivity contribution in [3.05, 3.63) is 23.5 Å². The Bertz CT molecular complexity index is 221. The van der Waals surface area contributed by atoms with Crippen LogP contribution in [0.2, 0.25) is 0 Å². The van der Waals surface area contributed by atoms with E-state index in [-0.39, 0.29) is 6.04 Å². The van der Waals surface area contributed by atoms with Crippen LogP contribution in [0.25, 0.3) is 0 Å². The third kappa shape index (κ3) is 2.20. The molecular formula is C8H13IN2. The normalized spacial score (nSPS) is 13.5. The highest BCUT2D eigenvalue weighted by Gasteiger charge is 2.05. The Labute approximate surface area is 81.3 Å². The average molecular weight is 264 g/mol. The smallest absolute Gasteiger partial charge is 0.0637 e. The minimum atomic E-state index is 0.247. The van der Waals surface area contributed by atoms with Crippen molar-refractivity contribution >= 4 is 22.9 Å². The van der Waals surface area contributed by atoms with Gasteiger partial charge in [0.15, 0.2) is 0 Å². The highest BCUT2D eigenvalue weighted by molar-refractivity contribution is 14.1. The maximum absolute atomic E-state index is 5.70. The summed E-state index contributed by atoms with van der Waals surface area (Å²) < 4.78 is 2.11. The van der Waals surface area contributed by atoms with Crippen molar-refractivity contribution in [2.24, 2.45) is 5.73 Å². The number of hydrogen-bond acceptors (Lipinski definition) is 1. The van der Waals surface area contributed by atoms with E-state index in [4.69, 9.17) is 5.73 Å². The third-order valence-electron chi connectivity index (χ3n) is 1.68. The lowest BCUT2D eigenvalue weighted by Gasteiger charge is -2.06. The number of aryl methyl sites for hydroxylation is 1. The van der Waals surface area contributed by atoms with Gasteiger partial charge in [-0.1, -0.05) is 0 Å². The molecular weight excluding hydrogens is 251 g/mol. The number of halogens is 1. The maximum Gasteiger partial charge on any atom is 0.0637 e. The first-order chi connectivity index (χ1) is 5.11. The summed E-state index contributed by atoms with van der Waals surface area (Å²) in [7, 11) is 0. The van der Waals surface area contributed by atoms with Crippen molar-refractivity contribution in [1.82, 2.24) is 2.78 Å². The molecule has 2 N–H and O–H groups in total. The van der Waals surface area contributed by atoms with E-state index in [1.165, 1.54) is 11.3 Å². The van der Waals surface area contributed by atoms with E-state index in [1.807, 2.05) is 6.92 Å². The second-order valence-corrected chi connectivity index (χ2v) is 3.98. The van der Waals surface area contributed by atoms with Crippen molar-refractivity contribution in [1.29, 1.82) is 0 Å². The first-order valence-corrected chi connectivity index (χ1v) is 4.66. The van der Waals surface area contributed by atoms with Crippen LogP contribution in [0.1, 0.15) is 18.2 Å². The van der Waals surface area contributed by atoms with Crippen LogP contribution in [0.4, 0.5) is 0 Å². The van der Waals surface area contributed by atoms with Crippen LogP contribution < -0.4 is 5.73 Å². The molecule has 1 rings (SSSR count). The van der Waals surface area contributed by atoms with Gasteiger partial charge < -0.3 is 5.73 Å². The first kappa shape index (κ1) is 9.06. The van der Waals surface area contributed by atoms with E-state index < -0.39 is 0 Å². The summed E-state index contributed by atoms with van der Waals surface area (Å²) >= 11 is 2.28. The van der Waals surface area contributed by atoms with E-state index in [0.29, 0.717) is 0 Å². The molecule has 1 atom stereocenters. The van der Waals surface area contributed by atoms with Gasteiger partial charge >= 0.3 is 0 Å². The number of nitrogens with zero attached hydrogens (tertiary/aromatic N) is 1. The van der Waals surface area contributed by atoms with Crippen LogP contribution in [-0.4, -0.2) is 8.82 Å². The molecule has 2 nitrogen and oxygen atoms in total. The first-order valence-electron chi connectivity index (χ1n) is 3.70. The third-order valence-corrected chi connectivity index (χ3v) is 2.59. The Balaban J connectivity index is 2.83. The van der Waals surface area contributed by atoms with Gasteiger partial charge in [0, 0.05) is 24.4 Å². The largest absolute Gasteiger partial charge is 0.328 e. The molecule has 62 valence electrons. The van der Waals surface area contributed by atoms with Crippen LogP contribution in [0, 0.1) is 6.92 Å². The topological polar surface area (TPSA) is 30.9 Å². The van der Waals surface area contributed by atoms with E-state index in [1.54, 1.807) is 0 Å². The van der Waals surface area contributed by atoms with Crippen molar-refractivity contribution < 1.29 is 0 Å². The van der Waals surface area contributed by atoms with Gasteiger partial charge in [0.1, 0.15) is 0 Å². The SMILES string of the molecule is Cc1ccn(I)c1CC(C)N. The minimum Gasteiger partial charge on any atom is -0.328 e. The van der Waals surface area contributed by atoms with E-state index in [2.05, 4.69) is 44.8 Å². The van der Waals surface area contributed by atoms with Crippen LogP contribution in [-0.2, 0) is 6.42 Å². The molecule has 3 heteroatoms. The number of aromatic nitrogens is 1. The van der Waals surface area contributed by atoms with Gasteiger partial charge in [0.05, 0.1) is 22.9 Å². The van der Waals surface area contributed by atoms with Gasteiger partial charge in [0.25, 0.3) is 0 Å². The second kappa shape index (κ2) is 3.58. The predicted molar refractivity (Wildman–Crippen MR) is 55.9 cm³/mol. The zero-order chi connectivity index (χ0) is 8.43. The molecule has 0 aliphatic carbocycles. The fourth-order valence-electron chi connectivity index (χ4n) is 1.09. The van der Waals surface area contributed by atoms with Gasteiger partial charge in [-0.15, -0.1) is 0 Å². The maximum atomic E-state index is 5.70. The van der Waals surface area contributed by atoms with E-state index >= 15 is 0 Å². The number of hydrogen-bond donors (Lipinski definition) is 1. The van der Waals surface area contributed by atoms with E-state index in [9.17, 15) is 0 Å². The minimum absolute atomic E-state index is 0.247. The Morgan fingerprint density at radius 1 is 1.73 bits per heavy atom.